The van der Waals surface area contributed by atoms with Crippen molar-refractivity contribution >= 4 is 11.9 Å². The number of aliphatic hydroxyl groups excluding tert-OH is 1. The van der Waals surface area contributed by atoms with Gasteiger partial charge in [0.2, 0.25) is 0 Å². The Morgan fingerprint density at radius 3 is 2.50 bits per heavy atom. The third kappa shape index (κ3) is 8.84. The van der Waals surface area contributed by atoms with Crippen LogP contribution >= 0.6 is 0 Å². The van der Waals surface area contributed by atoms with Crippen molar-refractivity contribution in [3.8, 4) is 0 Å². The van der Waals surface area contributed by atoms with Crippen molar-refractivity contribution in [2.75, 3.05) is 0 Å². The summed E-state index contributed by atoms with van der Waals surface area (Å²) in [5, 5.41) is 9.89. The minimum Gasteiger partial charge on any atom is -0.462 e. The summed E-state index contributed by atoms with van der Waals surface area (Å²) in [6.07, 6.45) is 9.70. The van der Waals surface area contributed by atoms with Crippen molar-refractivity contribution in [1.82, 2.24) is 0 Å². The average molecular weight is 478 g/mol. The van der Waals surface area contributed by atoms with E-state index in [4.69, 9.17) is 15.2 Å². The number of esters is 2. The zero-order valence-corrected chi connectivity index (χ0v) is 22.3. The summed E-state index contributed by atoms with van der Waals surface area (Å²) in [5.74, 6) is 0.755. The van der Waals surface area contributed by atoms with Crippen LogP contribution in [0.15, 0.2) is 23.8 Å². The predicted octanol–water partition coefficient (Wildman–Crippen LogP) is 4.94. The zero-order chi connectivity index (χ0) is 25.6. The van der Waals surface area contributed by atoms with Crippen LogP contribution < -0.4 is 5.73 Å². The fourth-order valence-electron chi connectivity index (χ4n) is 5.07. The van der Waals surface area contributed by atoms with Gasteiger partial charge >= 0.3 is 11.9 Å². The molecule has 0 bridgehead atoms. The number of hydrogen-bond acceptors (Lipinski definition) is 6. The Bertz CT molecular complexity index is 746. The van der Waals surface area contributed by atoms with E-state index in [0.717, 1.165) is 25.7 Å². The second-order valence-corrected chi connectivity index (χ2v) is 11.7. The Kier molecular flexibility index (Phi) is 10.4. The number of cyclic esters (lactones) is 1. The fraction of sp³-hybridized carbons (Fsp3) is 0.786. The second-order valence-electron chi connectivity index (χ2n) is 11.7. The second kappa shape index (κ2) is 12.3. The third-order valence-electron chi connectivity index (χ3n) is 6.93. The molecule has 3 aliphatic rings. The van der Waals surface area contributed by atoms with Gasteiger partial charge in [0, 0.05) is 17.9 Å². The number of carbonyl (C=O) groups is 2. The number of rotatable bonds is 6. The van der Waals surface area contributed by atoms with Crippen molar-refractivity contribution in [2.24, 2.45) is 35.3 Å². The molecule has 3 rings (SSSR count). The smallest absolute Gasteiger partial charge is 0.308 e. The Morgan fingerprint density at radius 2 is 1.91 bits per heavy atom. The van der Waals surface area contributed by atoms with Crippen LogP contribution in [0.1, 0.15) is 87.0 Å². The Hall–Kier alpha value is -1.66. The molecule has 0 aromatic heterocycles. The molecule has 0 spiro atoms. The largest absolute Gasteiger partial charge is 0.462 e. The maximum atomic E-state index is 12.5. The molecule has 3 N–H and O–H groups in total. The standard InChI is InChI=1S/C24H36O5.C4H11N/c1-5-15(3)24(27)29-21-11-14(2)10-17-7-6-16(4)20(23(17)21)9-8-19-12-18(25)13-22(26)28-19;1-4(2,3)5/h6-7,10,14-16,18-21,23,25H,5,8-9,11-13H2,1-4H3;5H2,1-3H3/t14-,15-,16-,18+,19+,20-,21-,23-;/m0./s1. The highest BCUT2D eigenvalue weighted by molar-refractivity contribution is 5.72. The first-order valence-corrected chi connectivity index (χ1v) is 13.0. The van der Waals surface area contributed by atoms with Crippen molar-refractivity contribution < 1.29 is 24.2 Å². The number of allylic oxidation sites excluding steroid dienone is 3. The van der Waals surface area contributed by atoms with Crippen LogP contribution in [0.25, 0.3) is 0 Å². The SMILES string of the molecule is CC(C)(C)N.CC[C@H](C)C(=O)O[C@H]1C[C@@H](C)C=C2C=C[C@H](C)[C@H](CC[C@@H]3C[C@@H](O)CC(=O)O3)[C@H]21. The number of ether oxygens (including phenoxy) is 2. The van der Waals surface area contributed by atoms with E-state index in [0.29, 0.717) is 24.2 Å². The summed E-state index contributed by atoms with van der Waals surface area (Å²) in [5.41, 5.74) is 6.63. The first-order valence-electron chi connectivity index (χ1n) is 13.0. The van der Waals surface area contributed by atoms with Crippen LogP contribution in [0.5, 0.6) is 0 Å². The molecule has 0 amide bonds. The van der Waals surface area contributed by atoms with Gasteiger partial charge in [-0.3, -0.25) is 9.59 Å². The Labute approximate surface area is 206 Å². The van der Waals surface area contributed by atoms with Crippen molar-refractivity contribution in [3.63, 3.8) is 0 Å². The summed E-state index contributed by atoms with van der Waals surface area (Å²) in [7, 11) is 0. The lowest BCUT2D eigenvalue weighted by Gasteiger charge is -2.43. The molecule has 8 atom stereocenters. The van der Waals surface area contributed by atoms with Gasteiger partial charge < -0.3 is 20.3 Å². The highest BCUT2D eigenvalue weighted by Crippen LogP contribution is 2.45. The molecule has 1 saturated heterocycles. The van der Waals surface area contributed by atoms with Gasteiger partial charge in [0.05, 0.1) is 18.4 Å². The van der Waals surface area contributed by atoms with Crippen LogP contribution in [0.2, 0.25) is 0 Å². The molecule has 6 nitrogen and oxygen atoms in total. The first kappa shape index (κ1) is 28.6. The minimum absolute atomic E-state index is 0. The maximum absolute atomic E-state index is 12.5. The van der Waals surface area contributed by atoms with Crippen molar-refractivity contribution in [1.29, 1.82) is 0 Å². The van der Waals surface area contributed by atoms with Gasteiger partial charge in [-0.2, -0.15) is 0 Å². The van der Waals surface area contributed by atoms with Gasteiger partial charge in [0.25, 0.3) is 0 Å². The van der Waals surface area contributed by atoms with E-state index in [1.165, 1.54) is 5.57 Å². The van der Waals surface area contributed by atoms with Gasteiger partial charge in [-0.1, -0.05) is 45.9 Å². The Balaban J connectivity index is 0.000000739. The molecule has 194 valence electrons. The zero-order valence-electron chi connectivity index (χ0n) is 22.3. The molecular weight excluding hydrogens is 430 g/mol. The Morgan fingerprint density at radius 1 is 1.26 bits per heavy atom. The quantitative estimate of drug-likeness (QED) is 0.526. The number of fused-ring (bicyclic) bond motifs is 1. The maximum Gasteiger partial charge on any atom is 0.308 e. The summed E-state index contributed by atoms with van der Waals surface area (Å²) >= 11 is 0. The molecule has 1 heterocycles. The molecule has 2 aliphatic carbocycles. The number of hydrogen-bond donors (Lipinski definition) is 2. The van der Waals surface area contributed by atoms with E-state index in [1.807, 2.05) is 34.6 Å². The van der Waals surface area contributed by atoms with E-state index >= 15 is 0 Å². The molecule has 0 radical (unpaired) electrons. The van der Waals surface area contributed by atoms with Crippen LogP contribution in [0.4, 0.5) is 0 Å². The van der Waals surface area contributed by atoms with Crippen LogP contribution in [-0.4, -0.2) is 40.9 Å². The van der Waals surface area contributed by atoms with E-state index in [-0.39, 0.29) is 47.9 Å². The van der Waals surface area contributed by atoms with E-state index in [9.17, 15) is 14.7 Å². The van der Waals surface area contributed by atoms with Gasteiger partial charge in [-0.05, 0) is 69.8 Å². The number of carbonyl (C=O) groups excluding carboxylic acids is 2. The lowest BCUT2D eigenvalue weighted by molar-refractivity contribution is -0.162. The molecular formula is C28H47NO5. The molecule has 1 fully saturated rings. The normalized spacial score (nSPS) is 34.1. The summed E-state index contributed by atoms with van der Waals surface area (Å²) < 4.78 is 11.5. The van der Waals surface area contributed by atoms with E-state index in [1.54, 1.807) is 0 Å². The molecule has 0 unspecified atom stereocenters. The minimum atomic E-state index is -0.597. The van der Waals surface area contributed by atoms with Gasteiger partial charge in [-0.25, -0.2) is 0 Å². The number of nitrogens with two attached hydrogens (primary N) is 1. The fourth-order valence-corrected chi connectivity index (χ4v) is 5.07. The molecule has 34 heavy (non-hydrogen) atoms. The van der Waals surface area contributed by atoms with E-state index < -0.39 is 6.10 Å². The molecule has 1 aliphatic heterocycles. The molecule has 0 aromatic carbocycles. The average Bonchev–Trinajstić information content (AvgIpc) is 2.70. The first-order chi connectivity index (χ1) is 15.8. The molecule has 0 aromatic rings. The summed E-state index contributed by atoms with van der Waals surface area (Å²) in [6, 6.07) is 0. The van der Waals surface area contributed by atoms with Crippen LogP contribution in [-0.2, 0) is 19.1 Å². The van der Waals surface area contributed by atoms with Crippen molar-refractivity contribution in [3.05, 3.63) is 23.8 Å². The van der Waals surface area contributed by atoms with Crippen LogP contribution in [0.3, 0.4) is 0 Å². The van der Waals surface area contributed by atoms with Gasteiger partial charge in [0.15, 0.2) is 0 Å². The lowest BCUT2D eigenvalue weighted by atomic mass is 9.65. The molecule has 0 saturated carbocycles. The third-order valence-corrected chi connectivity index (χ3v) is 6.93. The van der Waals surface area contributed by atoms with Crippen molar-refractivity contribution in [2.45, 2.75) is 111 Å². The van der Waals surface area contributed by atoms with Crippen LogP contribution in [0, 0.1) is 29.6 Å². The van der Waals surface area contributed by atoms with Gasteiger partial charge in [-0.15, -0.1) is 0 Å². The number of aliphatic hydroxyl groups is 1. The molecule has 6 heteroatoms. The lowest BCUT2D eigenvalue weighted by Crippen LogP contribution is -2.42. The topological polar surface area (TPSA) is 98.9 Å². The highest BCUT2D eigenvalue weighted by atomic mass is 16.5. The highest BCUT2D eigenvalue weighted by Gasteiger charge is 2.42. The van der Waals surface area contributed by atoms with E-state index in [2.05, 4.69) is 32.1 Å². The summed E-state index contributed by atoms with van der Waals surface area (Å²) in [4.78, 5) is 24.2. The van der Waals surface area contributed by atoms with Gasteiger partial charge in [0.1, 0.15) is 12.2 Å². The summed E-state index contributed by atoms with van der Waals surface area (Å²) in [6.45, 7) is 14.2. The predicted molar refractivity (Wildman–Crippen MR) is 135 cm³/mol. The monoisotopic (exact) mass is 477 g/mol.